The van der Waals surface area contributed by atoms with Gasteiger partial charge in [-0.25, -0.2) is 0 Å². The first kappa shape index (κ1) is 14.2. The number of carbonyl (C=O) groups is 1. The Morgan fingerprint density at radius 2 is 1.93 bits per heavy atom. The molecule has 0 saturated heterocycles. The summed E-state index contributed by atoms with van der Waals surface area (Å²) in [6, 6.07) is 0. The Morgan fingerprint density at radius 1 is 1.40 bits per heavy atom. The molecule has 0 aliphatic rings. The number of rotatable bonds is 8. The first-order valence-corrected chi connectivity index (χ1v) is 5.73. The lowest BCUT2D eigenvalue weighted by Crippen LogP contribution is -2.25. The third-order valence-electron chi connectivity index (χ3n) is 2.92. The highest BCUT2D eigenvalue weighted by Crippen LogP contribution is 2.14. The number of hydrogen-bond acceptors (Lipinski definition) is 2. The predicted octanol–water partition coefficient (Wildman–Crippen LogP) is 1.79. The number of nitrogens with two attached hydrogens (primary N) is 1. The maximum absolute atomic E-state index is 10.9. The molecular weight excluding hydrogens is 188 g/mol. The fraction of sp³-hybridized carbons (Fsp3) is 0.750. The zero-order valence-electron chi connectivity index (χ0n) is 10.3. The van der Waals surface area contributed by atoms with Gasteiger partial charge in [0.25, 0.3) is 0 Å². The van der Waals surface area contributed by atoms with Gasteiger partial charge in [-0.3, -0.25) is 4.79 Å². The topological polar surface area (TPSA) is 46.3 Å². The molecule has 0 aliphatic heterocycles. The molecule has 0 aromatic heterocycles. The average molecular weight is 212 g/mol. The van der Waals surface area contributed by atoms with Crippen molar-refractivity contribution >= 4 is 5.91 Å². The molecule has 3 heteroatoms. The molecule has 0 bridgehead atoms. The van der Waals surface area contributed by atoms with Gasteiger partial charge in [-0.05, 0) is 38.4 Å². The number of hydrogen-bond donors (Lipinski definition) is 1. The lowest BCUT2D eigenvalue weighted by Gasteiger charge is -2.19. The molecule has 0 aliphatic carbocycles. The van der Waals surface area contributed by atoms with E-state index in [1.807, 2.05) is 6.92 Å². The Kier molecular flexibility index (Phi) is 7.05. The maximum atomic E-state index is 10.9. The first-order valence-electron chi connectivity index (χ1n) is 5.73. The molecule has 0 rings (SSSR count). The van der Waals surface area contributed by atoms with Crippen LogP contribution < -0.4 is 5.73 Å². The van der Waals surface area contributed by atoms with Crippen LogP contribution in [0.4, 0.5) is 0 Å². The van der Waals surface area contributed by atoms with Crippen LogP contribution in [0.3, 0.4) is 0 Å². The summed E-state index contributed by atoms with van der Waals surface area (Å²) in [5.41, 5.74) is 5.72. The van der Waals surface area contributed by atoms with E-state index in [2.05, 4.69) is 25.3 Å². The molecule has 88 valence electrons. The van der Waals surface area contributed by atoms with Gasteiger partial charge < -0.3 is 10.6 Å². The summed E-state index contributed by atoms with van der Waals surface area (Å²) in [7, 11) is 0. The zero-order chi connectivity index (χ0) is 11.8. The van der Waals surface area contributed by atoms with Crippen LogP contribution in [0.1, 0.15) is 33.6 Å². The fourth-order valence-corrected chi connectivity index (χ4v) is 1.58. The molecule has 15 heavy (non-hydrogen) atoms. The largest absolute Gasteiger partial charge is 0.366 e. The maximum Gasteiger partial charge on any atom is 0.244 e. The minimum absolute atomic E-state index is 0.207. The van der Waals surface area contributed by atoms with Gasteiger partial charge in [0, 0.05) is 5.57 Å². The van der Waals surface area contributed by atoms with Gasteiger partial charge in [0.05, 0.1) is 0 Å². The van der Waals surface area contributed by atoms with E-state index < -0.39 is 0 Å². The summed E-state index contributed by atoms with van der Waals surface area (Å²) >= 11 is 0. The van der Waals surface area contributed by atoms with Crippen LogP contribution in [-0.4, -0.2) is 30.4 Å². The van der Waals surface area contributed by atoms with Gasteiger partial charge in [-0.2, -0.15) is 0 Å². The van der Waals surface area contributed by atoms with E-state index in [0.717, 1.165) is 32.5 Å². The first-order chi connectivity index (χ1) is 7.02. The van der Waals surface area contributed by atoms with Crippen molar-refractivity contribution in [1.82, 2.24) is 4.90 Å². The van der Waals surface area contributed by atoms with Crippen LogP contribution in [0.25, 0.3) is 0 Å². The highest BCUT2D eigenvalue weighted by molar-refractivity contribution is 5.91. The quantitative estimate of drug-likeness (QED) is 0.623. The number of nitrogens with zero attached hydrogens (tertiary/aromatic N) is 1. The van der Waals surface area contributed by atoms with Gasteiger partial charge in [0.2, 0.25) is 5.91 Å². The molecule has 0 saturated carbocycles. The smallest absolute Gasteiger partial charge is 0.244 e. The molecule has 2 N–H and O–H groups in total. The van der Waals surface area contributed by atoms with Crippen LogP contribution in [0.5, 0.6) is 0 Å². The standard InChI is InChI=1S/C12H24N2O/c1-5-14(6-2)9-7-8-10(3)11(4)12(13)15/h10H,4-9H2,1-3H3,(H2,13,15). The van der Waals surface area contributed by atoms with Gasteiger partial charge in [0.1, 0.15) is 0 Å². The van der Waals surface area contributed by atoms with Gasteiger partial charge >= 0.3 is 0 Å². The van der Waals surface area contributed by atoms with Crippen LogP contribution in [0, 0.1) is 5.92 Å². The van der Waals surface area contributed by atoms with Crippen molar-refractivity contribution in [2.75, 3.05) is 19.6 Å². The van der Waals surface area contributed by atoms with E-state index in [4.69, 9.17) is 5.73 Å². The highest BCUT2D eigenvalue weighted by atomic mass is 16.1. The molecule has 0 radical (unpaired) electrons. The molecular formula is C12H24N2O. The van der Waals surface area contributed by atoms with E-state index in [0.29, 0.717) is 5.57 Å². The van der Waals surface area contributed by atoms with Gasteiger partial charge in [0.15, 0.2) is 0 Å². The number of primary amides is 1. The zero-order valence-corrected chi connectivity index (χ0v) is 10.3. The van der Waals surface area contributed by atoms with E-state index in [9.17, 15) is 4.79 Å². The predicted molar refractivity (Wildman–Crippen MR) is 64.5 cm³/mol. The van der Waals surface area contributed by atoms with Crippen molar-refractivity contribution in [2.24, 2.45) is 11.7 Å². The summed E-state index contributed by atoms with van der Waals surface area (Å²) in [5.74, 6) is -0.164. The Labute approximate surface area is 93.3 Å². The van der Waals surface area contributed by atoms with Crippen LogP contribution in [0.2, 0.25) is 0 Å². The summed E-state index contributed by atoms with van der Waals surface area (Å²) in [4.78, 5) is 13.2. The molecule has 0 aromatic carbocycles. The third-order valence-corrected chi connectivity index (χ3v) is 2.92. The van der Waals surface area contributed by atoms with Crippen molar-refractivity contribution < 1.29 is 4.79 Å². The van der Waals surface area contributed by atoms with Crippen molar-refractivity contribution in [3.05, 3.63) is 12.2 Å². The Morgan fingerprint density at radius 3 is 2.33 bits per heavy atom. The summed E-state index contributed by atoms with van der Waals surface area (Å²) < 4.78 is 0. The molecule has 0 heterocycles. The lowest BCUT2D eigenvalue weighted by molar-refractivity contribution is -0.115. The Bertz CT molecular complexity index is 210. The van der Waals surface area contributed by atoms with E-state index >= 15 is 0 Å². The Balaban J connectivity index is 3.76. The lowest BCUT2D eigenvalue weighted by atomic mass is 9.97. The molecule has 1 amide bonds. The number of amides is 1. The van der Waals surface area contributed by atoms with E-state index in [-0.39, 0.29) is 11.8 Å². The normalized spacial score (nSPS) is 12.8. The van der Waals surface area contributed by atoms with Crippen molar-refractivity contribution in [2.45, 2.75) is 33.6 Å². The van der Waals surface area contributed by atoms with Crippen LogP contribution in [-0.2, 0) is 4.79 Å². The van der Waals surface area contributed by atoms with Crippen molar-refractivity contribution in [3.8, 4) is 0 Å². The second kappa shape index (κ2) is 7.46. The van der Waals surface area contributed by atoms with Crippen molar-refractivity contribution in [3.63, 3.8) is 0 Å². The third kappa shape index (κ3) is 5.57. The SMILES string of the molecule is C=C(C(N)=O)C(C)CCCN(CC)CC. The van der Waals surface area contributed by atoms with Gasteiger partial charge in [-0.15, -0.1) is 0 Å². The molecule has 0 fully saturated rings. The van der Waals surface area contributed by atoms with E-state index in [1.165, 1.54) is 0 Å². The number of carbonyl (C=O) groups excluding carboxylic acids is 1. The molecule has 1 unspecified atom stereocenters. The second-order valence-electron chi connectivity index (χ2n) is 3.96. The summed E-state index contributed by atoms with van der Waals surface area (Å²) in [6.07, 6.45) is 2.08. The fourth-order valence-electron chi connectivity index (χ4n) is 1.58. The van der Waals surface area contributed by atoms with E-state index in [1.54, 1.807) is 0 Å². The molecule has 0 aromatic rings. The summed E-state index contributed by atoms with van der Waals surface area (Å²) in [6.45, 7) is 13.3. The molecule has 0 spiro atoms. The summed E-state index contributed by atoms with van der Waals surface area (Å²) in [5, 5.41) is 0. The van der Waals surface area contributed by atoms with Crippen LogP contribution >= 0.6 is 0 Å². The highest BCUT2D eigenvalue weighted by Gasteiger charge is 2.11. The monoisotopic (exact) mass is 212 g/mol. The molecule has 3 nitrogen and oxygen atoms in total. The second-order valence-corrected chi connectivity index (χ2v) is 3.96. The minimum atomic E-state index is -0.370. The van der Waals surface area contributed by atoms with Crippen LogP contribution in [0.15, 0.2) is 12.2 Å². The van der Waals surface area contributed by atoms with Gasteiger partial charge in [-0.1, -0.05) is 27.4 Å². The minimum Gasteiger partial charge on any atom is -0.366 e. The van der Waals surface area contributed by atoms with Crippen molar-refractivity contribution in [1.29, 1.82) is 0 Å². The average Bonchev–Trinajstić information content (AvgIpc) is 2.22. The Hall–Kier alpha value is -0.830. The molecule has 1 atom stereocenters.